The van der Waals surface area contributed by atoms with E-state index in [4.69, 9.17) is 5.11 Å². The largest absolute Gasteiger partial charge is 0.480 e. The summed E-state index contributed by atoms with van der Waals surface area (Å²) in [7, 11) is 0. The Morgan fingerprint density at radius 2 is 2.29 bits per heavy atom. The van der Waals surface area contributed by atoms with Gasteiger partial charge >= 0.3 is 5.97 Å². The Morgan fingerprint density at radius 3 is 2.76 bits per heavy atom. The van der Waals surface area contributed by atoms with E-state index in [0.717, 1.165) is 0 Å². The van der Waals surface area contributed by atoms with Gasteiger partial charge in [0.1, 0.15) is 12.3 Å². The van der Waals surface area contributed by atoms with Crippen molar-refractivity contribution in [3.63, 3.8) is 0 Å². The molecule has 1 rings (SSSR count). The van der Waals surface area contributed by atoms with Gasteiger partial charge in [-0.3, -0.25) is 4.79 Å². The first kappa shape index (κ1) is 13.2. The summed E-state index contributed by atoms with van der Waals surface area (Å²) in [5.74, 6) is -1.51. The smallest absolute Gasteiger partial charge is 0.326 e. The molecule has 1 heterocycles. The minimum Gasteiger partial charge on any atom is -0.480 e. The zero-order chi connectivity index (χ0) is 12.8. The highest BCUT2D eigenvalue weighted by Gasteiger charge is 2.25. The summed E-state index contributed by atoms with van der Waals surface area (Å²) in [4.78, 5) is 22.6. The van der Waals surface area contributed by atoms with Gasteiger partial charge in [0.15, 0.2) is 0 Å². The highest BCUT2D eigenvalue weighted by Crippen LogP contribution is 2.08. The Bertz CT molecular complexity index is 375. The van der Waals surface area contributed by atoms with Gasteiger partial charge in [-0.05, 0) is 5.92 Å². The molecule has 0 aliphatic carbocycles. The van der Waals surface area contributed by atoms with Gasteiger partial charge in [-0.1, -0.05) is 25.4 Å². The fraction of sp³-hybridized carbons (Fsp3) is 0.545. The van der Waals surface area contributed by atoms with Gasteiger partial charge in [-0.2, -0.15) is 0 Å². The molecular weight excluding hydrogens is 224 g/mol. The molecule has 1 aromatic rings. The SMILES string of the molecule is CCC(C)C(NC(=O)Cc1ccon1)C(=O)O. The number of carboxylic acid groups (broad SMARTS) is 1. The molecule has 2 unspecified atom stereocenters. The van der Waals surface area contributed by atoms with Crippen LogP contribution in [0.3, 0.4) is 0 Å². The van der Waals surface area contributed by atoms with Gasteiger partial charge in [0.2, 0.25) is 5.91 Å². The van der Waals surface area contributed by atoms with Gasteiger partial charge < -0.3 is 14.9 Å². The van der Waals surface area contributed by atoms with Crippen LogP contribution in [0.1, 0.15) is 26.0 Å². The molecule has 0 saturated heterocycles. The summed E-state index contributed by atoms with van der Waals surface area (Å²) in [6.07, 6.45) is 2.07. The molecule has 0 aromatic carbocycles. The number of aromatic nitrogens is 1. The number of carbonyl (C=O) groups is 2. The highest BCUT2D eigenvalue weighted by atomic mass is 16.5. The molecule has 1 amide bonds. The topological polar surface area (TPSA) is 92.4 Å². The summed E-state index contributed by atoms with van der Waals surface area (Å²) in [6.45, 7) is 3.67. The quantitative estimate of drug-likeness (QED) is 0.768. The fourth-order valence-electron chi connectivity index (χ4n) is 1.40. The molecule has 0 fully saturated rings. The molecule has 1 aromatic heterocycles. The number of hydrogen-bond acceptors (Lipinski definition) is 4. The van der Waals surface area contributed by atoms with Crippen molar-refractivity contribution in [1.29, 1.82) is 0 Å². The van der Waals surface area contributed by atoms with Crippen LogP contribution in [-0.4, -0.2) is 28.2 Å². The van der Waals surface area contributed by atoms with Crippen LogP contribution in [0.25, 0.3) is 0 Å². The van der Waals surface area contributed by atoms with Crippen LogP contribution >= 0.6 is 0 Å². The number of aliphatic carboxylic acids is 1. The summed E-state index contributed by atoms with van der Waals surface area (Å²) in [5, 5.41) is 15.1. The van der Waals surface area contributed by atoms with Crippen LogP contribution in [0.5, 0.6) is 0 Å². The highest BCUT2D eigenvalue weighted by molar-refractivity contribution is 5.84. The number of carbonyl (C=O) groups excluding carboxylic acids is 1. The lowest BCUT2D eigenvalue weighted by Gasteiger charge is -2.19. The van der Waals surface area contributed by atoms with Crippen LogP contribution in [0.4, 0.5) is 0 Å². The van der Waals surface area contributed by atoms with Crippen LogP contribution in [-0.2, 0) is 16.0 Å². The zero-order valence-electron chi connectivity index (χ0n) is 9.84. The van der Waals surface area contributed by atoms with E-state index in [0.29, 0.717) is 12.1 Å². The molecule has 17 heavy (non-hydrogen) atoms. The van der Waals surface area contributed by atoms with Gasteiger partial charge in [0, 0.05) is 6.07 Å². The third kappa shape index (κ3) is 3.90. The standard InChI is InChI=1S/C11H16N2O4/c1-3-7(2)10(11(15)16)12-9(14)6-8-4-5-17-13-8/h4-5,7,10H,3,6H2,1-2H3,(H,12,14)(H,15,16). The number of carboxylic acids is 1. The minimum atomic E-state index is -1.02. The number of amides is 1. The Kier molecular flexibility index (Phi) is 4.68. The normalized spacial score (nSPS) is 14.0. The maximum Gasteiger partial charge on any atom is 0.326 e. The van der Waals surface area contributed by atoms with Gasteiger partial charge in [-0.25, -0.2) is 4.79 Å². The van der Waals surface area contributed by atoms with E-state index < -0.39 is 12.0 Å². The average molecular weight is 240 g/mol. The predicted octanol–water partition coefficient (Wildman–Crippen LogP) is 0.833. The van der Waals surface area contributed by atoms with Crippen LogP contribution in [0.2, 0.25) is 0 Å². The second-order valence-electron chi connectivity index (χ2n) is 3.94. The number of rotatable bonds is 6. The lowest BCUT2D eigenvalue weighted by Crippen LogP contribution is -2.45. The van der Waals surface area contributed by atoms with Crippen LogP contribution < -0.4 is 5.32 Å². The third-order valence-corrected chi connectivity index (χ3v) is 2.63. The number of hydrogen-bond donors (Lipinski definition) is 2. The Balaban J connectivity index is 2.55. The fourth-order valence-corrected chi connectivity index (χ4v) is 1.40. The number of nitrogens with zero attached hydrogens (tertiary/aromatic N) is 1. The predicted molar refractivity (Wildman–Crippen MR) is 59.2 cm³/mol. The van der Waals surface area contributed by atoms with Crippen molar-refractivity contribution < 1.29 is 19.2 Å². The molecule has 6 nitrogen and oxygen atoms in total. The van der Waals surface area contributed by atoms with Crippen molar-refractivity contribution in [3.8, 4) is 0 Å². The Hall–Kier alpha value is -1.85. The second-order valence-corrected chi connectivity index (χ2v) is 3.94. The molecule has 0 aliphatic rings. The molecule has 2 N–H and O–H groups in total. The monoisotopic (exact) mass is 240 g/mol. The van der Waals surface area contributed by atoms with E-state index in [-0.39, 0.29) is 18.2 Å². The summed E-state index contributed by atoms with van der Waals surface area (Å²) < 4.78 is 4.59. The maximum absolute atomic E-state index is 11.6. The average Bonchev–Trinajstić information content (AvgIpc) is 2.77. The molecule has 94 valence electrons. The second kappa shape index (κ2) is 6.03. The summed E-state index contributed by atoms with van der Waals surface area (Å²) in [6, 6.07) is 0.706. The van der Waals surface area contributed by atoms with E-state index in [2.05, 4.69) is 15.0 Å². The first-order valence-corrected chi connectivity index (χ1v) is 5.46. The third-order valence-electron chi connectivity index (χ3n) is 2.63. The molecule has 0 radical (unpaired) electrons. The van der Waals surface area contributed by atoms with Gasteiger partial charge in [-0.15, -0.1) is 0 Å². The van der Waals surface area contributed by atoms with Crippen LogP contribution in [0.15, 0.2) is 16.9 Å². The van der Waals surface area contributed by atoms with E-state index >= 15 is 0 Å². The molecule has 0 saturated carbocycles. The lowest BCUT2D eigenvalue weighted by atomic mass is 9.99. The van der Waals surface area contributed by atoms with Crippen molar-refractivity contribution in [2.24, 2.45) is 5.92 Å². The molecule has 0 aliphatic heterocycles. The van der Waals surface area contributed by atoms with E-state index in [1.807, 2.05) is 6.92 Å². The van der Waals surface area contributed by atoms with Gasteiger partial charge in [0.25, 0.3) is 0 Å². The van der Waals surface area contributed by atoms with E-state index in [1.54, 1.807) is 13.0 Å². The van der Waals surface area contributed by atoms with Crippen molar-refractivity contribution in [2.45, 2.75) is 32.7 Å². The maximum atomic E-state index is 11.6. The van der Waals surface area contributed by atoms with Crippen molar-refractivity contribution >= 4 is 11.9 Å². The van der Waals surface area contributed by atoms with Crippen molar-refractivity contribution in [1.82, 2.24) is 10.5 Å². The zero-order valence-corrected chi connectivity index (χ0v) is 9.84. The molecule has 0 spiro atoms. The first-order valence-electron chi connectivity index (χ1n) is 5.46. The molecular formula is C11H16N2O4. The molecule has 0 bridgehead atoms. The van der Waals surface area contributed by atoms with Crippen molar-refractivity contribution in [3.05, 3.63) is 18.0 Å². The first-order chi connectivity index (χ1) is 8.04. The van der Waals surface area contributed by atoms with Crippen LogP contribution in [0, 0.1) is 5.92 Å². The lowest BCUT2D eigenvalue weighted by molar-refractivity contribution is -0.143. The van der Waals surface area contributed by atoms with E-state index in [1.165, 1.54) is 6.26 Å². The summed E-state index contributed by atoms with van der Waals surface area (Å²) >= 11 is 0. The van der Waals surface area contributed by atoms with E-state index in [9.17, 15) is 9.59 Å². The van der Waals surface area contributed by atoms with Crippen molar-refractivity contribution in [2.75, 3.05) is 0 Å². The Labute approximate surface area is 99.0 Å². The van der Waals surface area contributed by atoms with Gasteiger partial charge in [0.05, 0.1) is 12.1 Å². The Morgan fingerprint density at radius 1 is 1.59 bits per heavy atom. The molecule has 6 heteroatoms. The molecule has 2 atom stereocenters. The minimum absolute atomic E-state index is 0.0245. The summed E-state index contributed by atoms with van der Waals surface area (Å²) in [5.41, 5.74) is 0.482. The number of nitrogens with one attached hydrogen (secondary N) is 1.